The maximum Gasteiger partial charge on any atom is 0.248 e. The molecule has 0 radical (unpaired) electrons. The van der Waals surface area contributed by atoms with E-state index in [-0.39, 0.29) is 11.7 Å². The quantitative estimate of drug-likeness (QED) is 0.712. The summed E-state index contributed by atoms with van der Waals surface area (Å²) in [5.41, 5.74) is 2.24. The zero-order chi connectivity index (χ0) is 17.3. The van der Waals surface area contributed by atoms with Crippen LogP contribution in [-0.2, 0) is 4.79 Å². The molecular weight excluding hydrogens is 326 g/mol. The topological polar surface area (TPSA) is 75.9 Å². The Kier molecular flexibility index (Phi) is 4.26. The first-order chi connectivity index (χ1) is 11.5. The van der Waals surface area contributed by atoms with Crippen LogP contribution in [0.5, 0.6) is 11.5 Å². The smallest absolute Gasteiger partial charge is 0.248 e. The van der Waals surface area contributed by atoms with Crippen molar-refractivity contribution in [1.82, 2.24) is 9.38 Å². The molecule has 0 aliphatic rings. The van der Waals surface area contributed by atoms with E-state index in [1.807, 2.05) is 24.4 Å². The van der Waals surface area contributed by atoms with Gasteiger partial charge in [0.2, 0.25) is 5.91 Å². The Morgan fingerprint density at radius 2 is 2.21 bits per heavy atom. The number of anilines is 1. The fourth-order valence-electron chi connectivity index (χ4n) is 2.39. The lowest BCUT2D eigenvalue weighted by Gasteiger charge is -2.06. The number of thiazole rings is 1. The van der Waals surface area contributed by atoms with Crippen LogP contribution < -0.4 is 10.1 Å². The number of aromatic hydroxyl groups is 1. The molecule has 0 bridgehead atoms. The lowest BCUT2D eigenvalue weighted by molar-refractivity contribution is -0.111. The van der Waals surface area contributed by atoms with Crippen molar-refractivity contribution >= 4 is 34.0 Å². The van der Waals surface area contributed by atoms with Crippen LogP contribution in [0.15, 0.2) is 30.5 Å². The first-order valence-corrected chi connectivity index (χ1v) is 8.10. The van der Waals surface area contributed by atoms with Gasteiger partial charge in [-0.2, -0.15) is 0 Å². The predicted octanol–water partition coefficient (Wildman–Crippen LogP) is 3.38. The SMILES string of the molecule is COc1ccc(NC(=O)/C=C/c2c(C)nc3sc(C)cn23)cc1O. The van der Waals surface area contributed by atoms with E-state index in [1.165, 1.54) is 19.3 Å². The lowest BCUT2D eigenvalue weighted by atomic mass is 10.2. The number of nitrogens with one attached hydrogen (secondary N) is 1. The number of benzene rings is 1. The van der Waals surface area contributed by atoms with E-state index >= 15 is 0 Å². The van der Waals surface area contributed by atoms with Crippen molar-refractivity contribution in [1.29, 1.82) is 0 Å². The van der Waals surface area contributed by atoms with Gasteiger partial charge < -0.3 is 15.2 Å². The zero-order valence-electron chi connectivity index (χ0n) is 13.5. The van der Waals surface area contributed by atoms with Gasteiger partial charge in [0.1, 0.15) is 0 Å². The number of aryl methyl sites for hydroxylation is 2. The van der Waals surface area contributed by atoms with Gasteiger partial charge in [-0.1, -0.05) is 0 Å². The standard InChI is InChI=1S/C17H17N3O3S/c1-10-9-20-13(11(2)18-17(20)24-10)5-7-16(22)19-12-4-6-15(23-3)14(21)8-12/h4-9,21H,1-3H3,(H,19,22)/b7-5+. The Morgan fingerprint density at radius 3 is 2.92 bits per heavy atom. The molecule has 0 aliphatic heterocycles. The highest BCUT2D eigenvalue weighted by molar-refractivity contribution is 7.17. The monoisotopic (exact) mass is 343 g/mol. The van der Waals surface area contributed by atoms with Crippen molar-refractivity contribution in [2.24, 2.45) is 0 Å². The van der Waals surface area contributed by atoms with Crippen LogP contribution in [0.25, 0.3) is 11.0 Å². The average Bonchev–Trinajstić information content (AvgIpc) is 3.00. The summed E-state index contributed by atoms with van der Waals surface area (Å²) in [6, 6.07) is 4.69. The average molecular weight is 343 g/mol. The second-order valence-electron chi connectivity index (χ2n) is 5.29. The Balaban J connectivity index is 1.77. The summed E-state index contributed by atoms with van der Waals surface area (Å²) in [5, 5.41) is 12.4. The van der Waals surface area contributed by atoms with E-state index in [4.69, 9.17) is 4.74 Å². The number of rotatable bonds is 4. The molecule has 0 atom stereocenters. The summed E-state index contributed by atoms with van der Waals surface area (Å²) in [4.78, 5) is 18.6. The number of imidazole rings is 1. The van der Waals surface area contributed by atoms with Crippen LogP contribution in [0.2, 0.25) is 0 Å². The van der Waals surface area contributed by atoms with Crippen molar-refractivity contribution in [3.05, 3.63) is 46.7 Å². The molecule has 1 amide bonds. The molecule has 0 fully saturated rings. The summed E-state index contributed by atoms with van der Waals surface area (Å²) in [6.45, 7) is 3.93. The number of fused-ring (bicyclic) bond motifs is 1. The maximum absolute atomic E-state index is 12.1. The van der Waals surface area contributed by atoms with Crippen molar-refractivity contribution in [2.45, 2.75) is 13.8 Å². The number of phenols is 1. The molecular formula is C17H17N3O3S. The fourth-order valence-corrected chi connectivity index (χ4v) is 3.27. The Bertz CT molecular complexity index is 940. The van der Waals surface area contributed by atoms with Crippen molar-refractivity contribution in [3.63, 3.8) is 0 Å². The fraction of sp³-hybridized carbons (Fsp3) is 0.176. The van der Waals surface area contributed by atoms with E-state index in [0.717, 1.165) is 21.2 Å². The van der Waals surface area contributed by atoms with Gasteiger partial charge in [0.25, 0.3) is 0 Å². The van der Waals surface area contributed by atoms with Gasteiger partial charge in [0, 0.05) is 28.9 Å². The van der Waals surface area contributed by atoms with Crippen LogP contribution in [0.4, 0.5) is 5.69 Å². The Hall–Kier alpha value is -2.80. The number of hydrogen-bond donors (Lipinski definition) is 2. The minimum absolute atomic E-state index is 0.0265. The number of aromatic nitrogens is 2. The summed E-state index contributed by atoms with van der Waals surface area (Å²) >= 11 is 1.61. The number of phenolic OH excluding ortho intramolecular Hbond substituents is 1. The van der Waals surface area contributed by atoms with E-state index < -0.39 is 0 Å². The first-order valence-electron chi connectivity index (χ1n) is 7.29. The molecule has 2 N–H and O–H groups in total. The Labute approximate surface area is 143 Å². The van der Waals surface area contributed by atoms with E-state index in [0.29, 0.717) is 11.4 Å². The van der Waals surface area contributed by atoms with Crippen LogP contribution in [0.1, 0.15) is 16.3 Å². The largest absolute Gasteiger partial charge is 0.504 e. The molecule has 24 heavy (non-hydrogen) atoms. The molecule has 0 unspecified atom stereocenters. The number of amides is 1. The summed E-state index contributed by atoms with van der Waals surface area (Å²) in [7, 11) is 1.47. The van der Waals surface area contributed by atoms with Gasteiger partial charge >= 0.3 is 0 Å². The number of carbonyl (C=O) groups is 1. The normalized spacial score (nSPS) is 11.3. The van der Waals surface area contributed by atoms with Crippen LogP contribution in [0, 0.1) is 13.8 Å². The molecule has 2 heterocycles. The van der Waals surface area contributed by atoms with Gasteiger partial charge in [0.15, 0.2) is 16.5 Å². The zero-order valence-corrected chi connectivity index (χ0v) is 14.3. The van der Waals surface area contributed by atoms with Crippen LogP contribution in [0.3, 0.4) is 0 Å². The van der Waals surface area contributed by atoms with Gasteiger partial charge in [-0.05, 0) is 32.1 Å². The van der Waals surface area contributed by atoms with Gasteiger partial charge in [0.05, 0.1) is 18.5 Å². The number of carbonyl (C=O) groups excluding carboxylic acids is 1. The van der Waals surface area contributed by atoms with Crippen molar-refractivity contribution in [2.75, 3.05) is 12.4 Å². The highest BCUT2D eigenvalue weighted by Crippen LogP contribution is 2.28. The van der Waals surface area contributed by atoms with Gasteiger partial charge in [-0.15, -0.1) is 11.3 Å². The van der Waals surface area contributed by atoms with Crippen LogP contribution >= 0.6 is 11.3 Å². The second kappa shape index (κ2) is 6.37. The van der Waals surface area contributed by atoms with Crippen molar-refractivity contribution in [3.8, 4) is 11.5 Å². The first kappa shape index (κ1) is 16.1. The molecule has 0 saturated carbocycles. The second-order valence-corrected chi connectivity index (χ2v) is 6.50. The molecule has 2 aromatic heterocycles. The number of methoxy groups -OCH3 is 1. The van der Waals surface area contributed by atoms with Gasteiger partial charge in [-0.25, -0.2) is 4.98 Å². The highest BCUT2D eigenvalue weighted by Gasteiger charge is 2.09. The molecule has 3 aromatic rings. The predicted molar refractivity (Wildman–Crippen MR) is 94.9 cm³/mol. The third-order valence-corrected chi connectivity index (χ3v) is 4.40. The molecule has 0 aliphatic carbocycles. The molecule has 0 spiro atoms. The van der Waals surface area contributed by atoms with E-state index in [9.17, 15) is 9.90 Å². The summed E-state index contributed by atoms with van der Waals surface area (Å²) in [5.74, 6) is 0.0379. The highest BCUT2D eigenvalue weighted by atomic mass is 32.1. The molecule has 124 valence electrons. The third-order valence-electron chi connectivity index (χ3n) is 3.50. The molecule has 0 saturated heterocycles. The van der Waals surface area contributed by atoms with Gasteiger partial charge in [-0.3, -0.25) is 9.20 Å². The number of nitrogens with zero attached hydrogens (tertiary/aromatic N) is 2. The van der Waals surface area contributed by atoms with Crippen LogP contribution in [-0.4, -0.2) is 27.5 Å². The molecule has 7 heteroatoms. The Morgan fingerprint density at radius 1 is 1.42 bits per heavy atom. The molecule has 3 rings (SSSR count). The van der Waals surface area contributed by atoms with Crippen molar-refractivity contribution < 1.29 is 14.6 Å². The molecule has 6 nitrogen and oxygen atoms in total. The summed E-state index contributed by atoms with van der Waals surface area (Å²) < 4.78 is 6.94. The third kappa shape index (κ3) is 3.11. The minimum atomic E-state index is -0.291. The summed E-state index contributed by atoms with van der Waals surface area (Å²) in [6.07, 6.45) is 5.18. The molecule has 1 aromatic carbocycles. The van der Waals surface area contributed by atoms with E-state index in [1.54, 1.807) is 29.5 Å². The minimum Gasteiger partial charge on any atom is -0.504 e. The number of ether oxygens (including phenoxy) is 1. The lowest BCUT2D eigenvalue weighted by Crippen LogP contribution is -2.07. The van der Waals surface area contributed by atoms with E-state index in [2.05, 4.69) is 10.3 Å². The number of hydrogen-bond acceptors (Lipinski definition) is 5. The maximum atomic E-state index is 12.1.